The summed E-state index contributed by atoms with van der Waals surface area (Å²) in [4.78, 5) is 13.6. The summed E-state index contributed by atoms with van der Waals surface area (Å²) in [6, 6.07) is 13.1. The molecule has 2 aromatic carbocycles. The van der Waals surface area contributed by atoms with Crippen LogP contribution in [-0.2, 0) is 4.79 Å². The minimum Gasteiger partial charge on any atom is -0.496 e. The van der Waals surface area contributed by atoms with Gasteiger partial charge in [-0.15, -0.1) is 0 Å². The maximum Gasteiger partial charge on any atom is 0.245 e. The molecule has 102 valence electrons. The number of anilines is 1. The molecule has 0 radical (unpaired) electrons. The van der Waals surface area contributed by atoms with Crippen LogP contribution in [0.3, 0.4) is 0 Å². The summed E-state index contributed by atoms with van der Waals surface area (Å²) in [6.45, 7) is 0. The van der Waals surface area contributed by atoms with E-state index in [1.807, 2.05) is 42.5 Å². The zero-order valence-electron chi connectivity index (χ0n) is 10.9. The summed E-state index contributed by atoms with van der Waals surface area (Å²) >= 11 is 1.59. The molecule has 3 N–H and O–H groups in total. The molecule has 0 spiro atoms. The predicted molar refractivity (Wildman–Crippen MR) is 79.1 cm³/mol. The van der Waals surface area contributed by atoms with Crippen LogP contribution >= 0.6 is 11.8 Å². The minimum absolute atomic E-state index is 0.153. The van der Waals surface area contributed by atoms with E-state index in [1.165, 1.54) is 0 Å². The number of nitrogens with two attached hydrogens (primary N) is 1. The Morgan fingerprint density at radius 1 is 1.25 bits per heavy atom. The number of fused-ring (bicyclic) bond motifs is 1. The van der Waals surface area contributed by atoms with Gasteiger partial charge in [-0.05, 0) is 24.3 Å². The van der Waals surface area contributed by atoms with Gasteiger partial charge in [0.25, 0.3) is 0 Å². The number of carbonyl (C=O) groups is 1. The van der Waals surface area contributed by atoms with Gasteiger partial charge in [0.15, 0.2) is 0 Å². The molecule has 20 heavy (non-hydrogen) atoms. The third kappa shape index (κ3) is 2.26. The quantitative estimate of drug-likeness (QED) is 0.910. The van der Waals surface area contributed by atoms with Gasteiger partial charge in [-0.2, -0.15) is 0 Å². The average molecular weight is 286 g/mol. The summed E-state index contributed by atoms with van der Waals surface area (Å²) in [5.41, 5.74) is 7.44. The minimum atomic E-state index is -0.560. The monoisotopic (exact) mass is 286 g/mol. The Balaban J connectivity index is 1.90. The summed E-state index contributed by atoms with van der Waals surface area (Å²) in [5, 5.41) is 2.79. The predicted octanol–water partition coefficient (Wildman–Crippen LogP) is 2.80. The van der Waals surface area contributed by atoms with E-state index in [2.05, 4.69) is 5.32 Å². The molecule has 0 fully saturated rings. The third-order valence-corrected chi connectivity index (χ3v) is 4.24. The maximum absolute atomic E-state index is 11.5. The molecule has 2 aromatic rings. The second kappa shape index (κ2) is 5.19. The summed E-state index contributed by atoms with van der Waals surface area (Å²) in [6.07, 6.45) is 0. The lowest BCUT2D eigenvalue weighted by Gasteiger charge is -2.09. The molecule has 1 atom stereocenters. The number of hydrogen-bond donors (Lipinski definition) is 2. The molecule has 0 saturated carbocycles. The summed E-state index contributed by atoms with van der Waals surface area (Å²) in [5.74, 6) is 0.679. The summed E-state index contributed by atoms with van der Waals surface area (Å²) < 4.78 is 5.33. The molecule has 0 aromatic heterocycles. The molecule has 1 unspecified atom stereocenters. The van der Waals surface area contributed by atoms with Gasteiger partial charge in [0.1, 0.15) is 11.8 Å². The van der Waals surface area contributed by atoms with Crippen molar-refractivity contribution in [3.05, 3.63) is 48.0 Å². The lowest BCUT2D eigenvalue weighted by molar-refractivity contribution is -0.116. The molecule has 1 amide bonds. The Labute approximate surface area is 121 Å². The van der Waals surface area contributed by atoms with Gasteiger partial charge in [-0.1, -0.05) is 30.0 Å². The first-order valence-electron chi connectivity index (χ1n) is 6.20. The standard InChI is InChI=1S/C15H14N2O2S/c1-19-12-4-2-3-5-13(12)20-9-6-7-10-11(8-9)17-15(18)14(10)16/h2-8,14H,16H2,1H3,(H,17,18). The Morgan fingerprint density at radius 2 is 2.05 bits per heavy atom. The second-order valence-corrected chi connectivity index (χ2v) is 5.58. The highest BCUT2D eigenvalue weighted by molar-refractivity contribution is 7.99. The number of methoxy groups -OCH3 is 1. The highest BCUT2D eigenvalue weighted by atomic mass is 32.2. The number of amides is 1. The topological polar surface area (TPSA) is 64.3 Å². The highest BCUT2D eigenvalue weighted by Crippen LogP contribution is 2.38. The number of rotatable bonds is 3. The number of hydrogen-bond acceptors (Lipinski definition) is 4. The van der Waals surface area contributed by atoms with E-state index in [4.69, 9.17) is 10.5 Å². The first kappa shape index (κ1) is 13.0. The Hall–Kier alpha value is -1.98. The van der Waals surface area contributed by atoms with Crippen molar-refractivity contribution in [1.29, 1.82) is 0 Å². The second-order valence-electron chi connectivity index (χ2n) is 4.47. The lowest BCUT2D eigenvalue weighted by atomic mass is 10.1. The van der Waals surface area contributed by atoms with Crippen LogP contribution in [0.4, 0.5) is 5.69 Å². The molecule has 1 aliphatic heterocycles. The number of nitrogens with one attached hydrogen (secondary N) is 1. The molecule has 5 heteroatoms. The highest BCUT2D eigenvalue weighted by Gasteiger charge is 2.27. The van der Waals surface area contributed by atoms with E-state index < -0.39 is 6.04 Å². The normalized spacial score (nSPS) is 16.7. The summed E-state index contributed by atoms with van der Waals surface area (Å²) in [7, 11) is 1.65. The fourth-order valence-corrected chi connectivity index (χ4v) is 3.13. The number of carbonyl (C=O) groups excluding carboxylic acids is 1. The fourth-order valence-electron chi connectivity index (χ4n) is 2.16. The van der Waals surface area contributed by atoms with Crippen molar-refractivity contribution in [2.24, 2.45) is 5.73 Å². The van der Waals surface area contributed by atoms with Crippen molar-refractivity contribution < 1.29 is 9.53 Å². The number of ether oxygens (including phenoxy) is 1. The first-order valence-corrected chi connectivity index (χ1v) is 7.02. The van der Waals surface area contributed by atoms with Gasteiger partial charge >= 0.3 is 0 Å². The zero-order valence-corrected chi connectivity index (χ0v) is 11.7. The van der Waals surface area contributed by atoms with Crippen LogP contribution in [0.1, 0.15) is 11.6 Å². The largest absolute Gasteiger partial charge is 0.496 e. The average Bonchev–Trinajstić information content (AvgIpc) is 2.74. The Morgan fingerprint density at radius 3 is 2.85 bits per heavy atom. The van der Waals surface area contributed by atoms with E-state index in [0.717, 1.165) is 26.8 Å². The lowest BCUT2D eigenvalue weighted by Crippen LogP contribution is -2.19. The molecule has 0 saturated heterocycles. The SMILES string of the molecule is COc1ccccc1Sc1ccc2c(c1)NC(=O)C2N. The van der Waals surface area contributed by atoms with Crippen molar-refractivity contribution in [3.63, 3.8) is 0 Å². The van der Waals surface area contributed by atoms with E-state index in [0.29, 0.717) is 0 Å². The number of benzene rings is 2. The van der Waals surface area contributed by atoms with Gasteiger partial charge in [-0.3, -0.25) is 4.79 Å². The Bertz CT molecular complexity index is 673. The zero-order chi connectivity index (χ0) is 14.1. The van der Waals surface area contributed by atoms with Gasteiger partial charge < -0.3 is 15.8 Å². The molecule has 1 heterocycles. The van der Waals surface area contributed by atoms with Crippen LogP contribution in [-0.4, -0.2) is 13.0 Å². The molecular formula is C15H14N2O2S. The smallest absolute Gasteiger partial charge is 0.245 e. The van der Waals surface area contributed by atoms with E-state index in [1.54, 1.807) is 18.9 Å². The van der Waals surface area contributed by atoms with Crippen LogP contribution in [0.2, 0.25) is 0 Å². The first-order chi connectivity index (χ1) is 9.69. The van der Waals surface area contributed by atoms with Crippen molar-refractivity contribution in [3.8, 4) is 5.75 Å². The molecule has 3 rings (SSSR count). The van der Waals surface area contributed by atoms with Gasteiger partial charge in [-0.25, -0.2) is 0 Å². The van der Waals surface area contributed by atoms with Crippen LogP contribution in [0.15, 0.2) is 52.3 Å². The van der Waals surface area contributed by atoms with Gasteiger partial charge in [0.2, 0.25) is 5.91 Å². The van der Waals surface area contributed by atoms with Crippen molar-refractivity contribution in [2.75, 3.05) is 12.4 Å². The van der Waals surface area contributed by atoms with Crippen molar-refractivity contribution in [1.82, 2.24) is 0 Å². The molecule has 0 bridgehead atoms. The van der Waals surface area contributed by atoms with E-state index in [9.17, 15) is 4.79 Å². The third-order valence-electron chi connectivity index (χ3n) is 3.20. The van der Waals surface area contributed by atoms with E-state index >= 15 is 0 Å². The van der Waals surface area contributed by atoms with Crippen LogP contribution < -0.4 is 15.8 Å². The molecule has 4 nitrogen and oxygen atoms in total. The fraction of sp³-hybridized carbons (Fsp3) is 0.133. The Kier molecular flexibility index (Phi) is 3.38. The van der Waals surface area contributed by atoms with Gasteiger partial charge in [0.05, 0.1) is 12.0 Å². The molecule has 1 aliphatic rings. The van der Waals surface area contributed by atoms with Gasteiger partial charge in [0, 0.05) is 16.1 Å². The van der Waals surface area contributed by atoms with Crippen LogP contribution in [0.5, 0.6) is 5.75 Å². The molecular weight excluding hydrogens is 272 g/mol. The number of para-hydroxylation sites is 1. The van der Waals surface area contributed by atoms with E-state index in [-0.39, 0.29) is 5.91 Å². The van der Waals surface area contributed by atoms with Crippen molar-refractivity contribution in [2.45, 2.75) is 15.8 Å². The van der Waals surface area contributed by atoms with Crippen LogP contribution in [0.25, 0.3) is 0 Å². The van der Waals surface area contributed by atoms with Crippen molar-refractivity contribution >= 4 is 23.4 Å². The maximum atomic E-state index is 11.5. The van der Waals surface area contributed by atoms with Crippen LogP contribution in [0, 0.1) is 0 Å². The molecule has 0 aliphatic carbocycles.